The van der Waals surface area contributed by atoms with Crippen LogP contribution in [0, 0.1) is 13.8 Å². The van der Waals surface area contributed by atoms with Gasteiger partial charge in [0.2, 0.25) is 0 Å². The molecule has 0 bridgehead atoms. The lowest BCUT2D eigenvalue weighted by molar-refractivity contribution is 0.0963. The number of nitrogens with one attached hydrogen (secondary N) is 1. The lowest BCUT2D eigenvalue weighted by Gasteiger charge is -2.09. The summed E-state index contributed by atoms with van der Waals surface area (Å²) in [5.41, 5.74) is 5.99. The van der Waals surface area contributed by atoms with Crippen molar-refractivity contribution in [2.75, 3.05) is 7.05 Å². The van der Waals surface area contributed by atoms with Gasteiger partial charge in [0.1, 0.15) is 4.83 Å². The van der Waals surface area contributed by atoms with E-state index in [0.29, 0.717) is 21.9 Å². The van der Waals surface area contributed by atoms with Gasteiger partial charge >= 0.3 is 0 Å². The van der Waals surface area contributed by atoms with Gasteiger partial charge in [-0.1, -0.05) is 42.1 Å². The van der Waals surface area contributed by atoms with Gasteiger partial charge in [0, 0.05) is 36.4 Å². The van der Waals surface area contributed by atoms with Gasteiger partial charge in [0.05, 0.1) is 5.39 Å². The molecule has 0 unspecified atom stereocenters. The number of thiophene rings is 1. The van der Waals surface area contributed by atoms with E-state index in [-0.39, 0.29) is 11.5 Å². The largest absolute Gasteiger partial charge is 0.355 e. The number of amides is 1. The van der Waals surface area contributed by atoms with Gasteiger partial charge in [-0.05, 0) is 48.2 Å². The third-order valence-corrected chi connectivity index (χ3v) is 7.35. The molecule has 0 radical (unpaired) electrons. The van der Waals surface area contributed by atoms with Gasteiger partial charge in [-0.2, -0.15) is 0 Å². The molecule has 4 rings (SSSR count). The van der Waals surface area contributed by atoms with Crippen LogP contribution in [0.15, 0.2) is 57.8 Å². The monoisotopic (exact) mass is 449 g/mol. The minimum Gasteiger partial charge on any atom is -0.355 e. The molecule has 0 saturated heterocycles. The fourth-order valence-corrected chi connectivity index (χ4v) is 5.30. The molecule has 0 spiro atoms. The van der Waals surface area contributed by atoms with E-state index in [4.69, 9.17) is 4.98 Å². The topological polar surface area (TPSA) is 64.0 Å². The molecule has 0 aliphatic carbocycles. The summed E-state index contributed by atoms with van der Waals surface area (Å²) < 4.78 is 1.62. The molecule has 158 valence electrons. The van der Waals surface area contributed by atoms with Gasteiger partial charge in [-0.25, -0.2) is 4.98 Å². The predicted molar refractivity (Wildman–Crippen MR) is 129 cm³/mol. The Morgan fingerprint density at radius 2 is 1.97 bits per heavy atom. The minimum absolute atomic E-state index is 0.0407. The number of aromatic nitrogens is 2. The fraction of sp³-hybridized carbons (Fsp3) is 0.208. The number of hydrogen-bond acceptors (Lipinski definition) is 5. The number of fused-ring (bicyclic) bond motifs is 1. The molecule has 0 aliphatic heterocycles. The number of nitrogens with zero attached hydrogens (tertiary/aromatic N) is 2. The Balaban J connectivity index is 1.67. The van der Waals surface area contributed by atoms with Crippen LogP contribution in [0.3, 0.4) is 0 Å². The van der Waals surface area contributed by atoms with Crippen LogP contribution in [-0.2, 0) is 12.8 Å². The van der Waals surface area contributed by atoms with Gasteiger partial charge < -0.3 is 5.32 Å². The van der Waals surface area contributed by atoms with E-state index in [9.17, 15) is 9.59 Å². The third kappa shape index (κ3) is 4.16. The standard InChI is InChI=1S/C24H23N3O2S2/c1-14-8-9-17(10-15(14)2)19-13-30-22-20(19)23(29)27(4)24(26-22)31-12-16-6-5-7-18(11-16)21(28)25-3/h5-11,13H,12H2,1-4H3,(H,25,28). The molecule has 2 heterocycles. The minimum atomic E-state index is -0.115. The molecule has 4 aromatic rings. The molecule has 0 atom stereocenters. The van der Waals surface area contributed by atoms with Crippen molar-refractivity contribution in [1.29, 1.82) is 0 Å². The summed E-state index contributed by atoms with van der Waals surface area (Å²) >= 11 is 2.99. The maximum Gasteiger partial charge on any atom is 0.263 e. The van der Waals surface area contributed by atoms with Crippen LogP contribution in [0.4, 0.5) is 0 Å². The van der Waals surface area contributed by atoms with Gasteiger partial charge in [-0.3, -0.25) is 14.2 Å². The summed E-state index contributed by atoms with van der Waals surface area (Å²) in [5.74, 6) is 0.502. The number of aryl methyl sites for hydroxylation is 2. The van der Waals surface area contributed by atoms with E-state index in [1.54, 1.807) is 24.7 Å². The predicted octanol–water partition coefficient (Wildman–Crippen LogP) is 4.93. The van der Waals surface area contributed by atoms with Crippen LogP contribution in [0.2, 0.25) is 0 Å². The van der Waals surface area contributed by atoms with Crippen LogP contribution in [0.5, 0.6) is 0 Å². The molecule has 7 heteroatoms. The van der Waals surface area contributed by atoms with Crippen LogP contribution >= 0.6 is 23.1 Å². The molecule has 5 nitrogen and oxygen atoms in total. The molecule has 0 saturated carbocycles. The van der Waals surface area contributed by atoms with Crippen LogP contribution in [0.1, 0.15) is 27.0 Å². The quantitative estimate of drug-likeness (QED) is 0.347. The average Bonchev–Trinajstić information content (AvgIpc) is 3.20. The van der Waals surface area contributed by atoms with Crippen molar-refractivity contribution in [1.82, 2.24) is 14.9 Å². The number of benzene rings is 2. The second-order valence-corrected chi connectivity index (χ2v) is 9.26. The lowest BCUT2D eigenvalue weighted by atomic mass is 10.0. The molecule has 2 aromatic carbocycles. The SMILES string of the molecule is CNC(=O)c1cccc(CSc2nc3scc(-c4ccc(C)c(C)c4)c3c(=O)n2C)c1. The normalized spacial score (nSPS) is 11.1. The highest BCUT2D eigenvalue weighted by atomic mass is 32.2. The molecule has 1 N–H and O–H groups in total. The van der Waals surface area contributed by atoms with Crippen LogP contribution < -0.4 is 10.9 Å². The summed E-state index contributed by atoms with van der Waals surface area (Å²) in [6, 6.07) is 13.8. The van der Waals surface area contributed by atoms with Crippen molar-refractivity contribution < 1.29 is 4.79 Å². The van der Waals surface area contributed by atoms with E-state index in [1.165, 1.54) is 34.2 Å². The van der Waals surface area contributed by atoms with E-state index < -0.39 is 0 Å². The molecule has 2 aromatic heterocycles. The number of carbonyl (C=O) groups excluding carboxylic acids is 1. The van der Waals surface area contributed by atoms with Crippen molar-refractivity contribution in [2.45, 2.75) is 24.8 Å². The Labute approximate surface area is 189 Å². The van der Waals surface area contributed by atoms with Crippen molar-refractivity contribution in [3.8, 4) is 11.1 Å². The van der Waals surface area contributed by atoms with E-state index in [2.05, 4.69) is 37.4 Å². The summed E-state index contributed by atoms with van der Waals surface area (Å²) in [6.07, 6.45) is 0. The van der Waals surface area contributed by atoms with E-state index in [1.807, 2.05) is 23.6 Å². The summed E-state index contributed by atoms with van der Waals surface area (Å²) in [5, 5.41) is 5.99. The zero-order valence-corrected chi connectivity index (χ0v) is 19.5. The number of thioether (sulfide) groups is 1. The zero-order valence-electron chi connectivity index (χ0n) is 17.9. The highest BCUT2D eigenvalue weighted by Gasteiger charge is 2.16. The Morgan fingerprint density at radius 1 is 1.16 bits per heavy atom. The first-order valence-electron chi connectivity index (χ1n) is 9.88. The lowest BCUT2D eigenvalue weighted by Crippen LogP contribution is -2.19. The first kappa shape index (κ1) is 21.3. The highest BCUT2D eigenvalue weighted by molar-refractivity contribution is 7.98. The number of rotatable bonds is 5. The van der Waals surface area contributed by atoms with Crippen LogP contribution in [-0.4, -0.2) is 22.5 Å². The number of carbonyl (C=O) groups is 1. The smallest absolute Gasteiger partial charge is 0.263 e. The van der Waals surface area contributed by atoms with Crippen LogP contribution in [0.25, 0.3) is 21.3 Å². The van der Waals surface area contributed by atoms with Gasteiger partial charge in [0.25, 0.3) is 11.5 Å². The first-order valence-corrected chi connectivity index (χ1v) is 11.7. The Kier molecular flexibility index (Phi) is 5.98. The van der Waals surface area contributed by atoms with Crippen molar-refractivity contribution >= 4 is 39.2 Å². The maximum absolute atomic E-state index is 13.2. The third-order valence-electron chi connectivity index (χ3n) is 5.38. The summed E-state index contributed by atoms with van der Waals surface area (Å²) in [6.45, 7) is 4.16. The summed E-state index contributed by atoms with van der Waals surface area (Å²) in [4.78, 5) is 30.6. The van der Waals surface area contributed by atoms with E-state index >= 15 is 0 Å². The van der Waals surface area contributed by atoms with Gasteiger partial charge in [-0.15, -0.1) is 11.3 Å². The zero-order chi connectivity index (χ0) is 22.1. The molecular weight excluding hydrogens is 426 g/mol. The first-order chi connectivity index (χ1) is 14.9. The average molecular weight is 450 g/mol. The molecule has 31 heavy (non-hydrogen) atoms. The summed E-state index contributed by atoms with van der Waals surface area (Å²) in [7, 11) is 3.38. The Morgan fingerprint density at radius 3 is 2.71 bits per heavy atom. The molecule has 1 amide bonds. The molecular formula is C24H23N3O2S2. The molecule has 0 aliphatic rings. The van der Waals surface area contributed by atoms with Crippen molar-refractivity contribution in [3.63, 3.8) is 0 Å². The van der Waals surface area contributed by atoms with E-state index in [0.717, 1.165) is 21.5 Å². The van der Waals surface area contributed by atoms with Crippen molar-refractivity contribution in [3.05, 3.63) is 80.5 Å². The Hall–Kier alpha value is -2.90. The highest BCUT2D eigenvalue weighted by Crippen LogP contribution is 2.33. The second-order valence-electron chi connectivity index (χ2n) is 7.46. The number of hydrogen-bond donors (Lipinski definition) is 1. The fourth-order valence-electron chi connectivity index (χ4n) is 3.40. The van der Waals surface area contributed by atoms with Crippen molar-refractivity contribution in [2.24, 2.45) is 7.05 Å². The Bertz CT molecular complexity index is 1350. The molecule has 0 fully saturated rings. The maximum atomic E-state index is 13.2. The second kappa shape index (κ2) is 8.69. The van der Waals surface area contributed by atoms with Gasteiger partial charge in [0.15, 0.2) is 5.16 Å².